The molecule has 3 aromatic heterocycles. The molecule has 2 aliphatic heterocycles. The molecule has 0 aliphatic carbocycles. The Hall–Kier alpha value is -2.92. The van der Waals surface area contributed by atoms with Crippen molar-refractivity contribution in [2.75, 3.05) is 26.2 Å². The van der Waals surface area contributed by atoms with Crippen molar-refractivity contribution in [2.24, 2.45) is 5.41 Å². The Balaban J connectivity index is 1.50. The predicted molar refractivity (Wildman–Crippen MR) is 113 cm³/mol. The topological polar surface area (TPSA) is 45.5 Å². The normalized spacial score (nSPS) is 18.2. The summed E-state index contributed by atoms with van der Waals surface area (Å²) in [7, 11) is 0. The van der Waals surface area contributed by atoms with Gasteiger partial charge in [0.2, 0.25) is 0 Å². The van der Waals surface area contributed by atoms with Gasteiger partial charge >= 0.3 is 0 Å². The molecule has 0 bridgehead atoms. The van der Waals surface area contributed by atoms with Gasteiger partial charge in [-0.3, -0.25) is 4.98 Å². The fourth-order valence-corrected chi connectivity index (χ4v) is 4.44. The first-order valence-corrected chi connectivity index (χ1v) is 9.81. The molecule has 0 unspecified atom stereocenters. The third-order valence-electron chi connectivity index (χ3n) is 6.16. The van der Waals surface area contributed by atoms with Gasteiger partial charge in [0.25, 0.3) is 0 Å². The molecule has 0 atom stereocenters. The summed E-state index contributed by atoms with van der Waals surface area (Å²) >= 11 is 0. The fourth-order valence-electron chi connectivity index (χ4n) is 4.44. The summed E-state index contributed by atoms with van der Waals surface area (Å²) in [5, 5.41) is 7.94. The highest BCUT2D eigenvalue weighted by Gasteiger charge is 2.48. The Morgan fingerprint density at radius 1 is 1.25 bits per heavy atom. The van der Waals surface area contributed by atoms with Crippen molar-refractivity contribution in [3.8, 4) is 0 Å². The minimum atomic E-state index is 0.479. The van der Waals surface area contributed by atoms with Crippen LogP contribution in [0.25, 0.3) is 16.8 Å². The Bertz CT molecular complexity index is 1100. The zero-order valence-corrected chi connectivity index (χ0v) is 16.4. The first-order chi connectivity index (χ1) is 13.6. The number of allylic oxidation sites excluding steroid dienone is 1. The molecule has 2 aliphatic rings. The van der Waals surface area contributed by atoms with Crippen LogP contribution in [0, 0.1) is 12.3 Å². The first-order valence-electron chi connectivity index (χ1n) is 9.81. The zero-order chi connectivity index (χ0) is 19.3. The van der Waals surface area contributed by atoms with Gasteiger partial charge in [-0.15, -0.1) is 0 Å². The molecule has 0 saturated carbocycles. The van der Waals surface area contributed by atoms with Gasteiger partial charge in [0.05, 0.1) is 11.7 Å². The lowest BCUT2D eigenvalue weighted by atomic mass is 9.74. The van der Waals surface area contributed by atoms with Crippen molar-refractivity contribution in [3.05, 3.63) is 77.9 Å². The Kier molecular flexibility index (Phi) is 3.88. The van der Waals surface area contributed by atoms with Gasteiger partial charge in [-0.25, -0.2) is 4.52 Å². The van der Waals surface area contributed by atoms with E-state index in [1.54, 1.807) is 0 Å². The maximum atomic E-state index is 4.55. The van der Waals surface area contributed by atoms with Gasteiger partial charge in [-0.05, 0) is 43.2 Å². The van der Waals surface area contributed by atoms with Crippen LogP contribution in [-0.4, -0.2) is 45.7 Å². The molecule has 1 spiro atoms. The van der Waals surface area contributed by atoms with E-state index in [-0.39, 0.29) is 0 Å². The zero-order valence-electron chi connectivity index (χ0n) is 16.4. The second-order valence-corrected chi connectivity index (χ2v) is 8.05. The summed E-state index contributed by atoms with van der Waals surface area (Å²) in [5.74, 6) is 0. The van der Waals surface area contributed by atoms with E-state index in [0.717, 1.165) is 54.2 Å². The smallest absolute Gasteiger partial charge is 0.0760 e. The number of aryl methyl sites for hydroxylation is 1. The van der Waals surface area contributed by atoms with Gasteiger partial charge < -0.3 is 10.2 Å². The van der Waals surface area contributed by atoms with Crippen LogP contribution < -0.4 is 5.32 Å². The number of hydrogen-bond donors (Lipinski definition) is 1. The van der Waals surface area contributed by atoms with Crippen LogP contribution in [0.5, 0.6) is 0 Å². The van der Waals surface area contributed by atoms with Crippen LogP contribution in [0.3, 0.4) is 0 Å². The molecule has 3 aromatic rings. The van der Waals surface area contributed by atoms with Crippen LogP contribution >= 0.6 is 0 Å². The Morgan fingerprint density at radius 3 is 2.75 bits per heavy atom. The number of rotatable bonds is 4. The number of fused-ring (bicyclic) bond motifs is 1. The lowest BCUT2D eigenvalue weighted by Gasteiger charge is -2.57. The minimum Gasteiger partial charge on any atom is -0.370 e. The number of nitrogens with zero attached hydrogens (tertiary/aromatic N) is 4. The largest absolute Gasteiger partial charge is 0.370 e. The van der Waals surface area contributed by atoms with Gasteiger partial charge in [0.1, 0.15) is 0 Å². The first kappa shape index (κ1) is 17.2. The van der Waals surface area contributed by atoms with Gasteiger partial charge in [-0.2, -0.15) is 5.10 Å². The minimum absolute atomic E-state index is 0.479. The average Bonchev–Trinajstić information content (AvgIpc) is 3.05. The van der Waals surface area contributed by atoms with Crippen molar-refractivity contribution >= 4 is 16.8 Å². The SMILES string of the molecule is C=C(c1cnn2ccc(/C(=C/C)c3cccnc3C)cc12)N1CC2(CNC2)C1. The molecule has 2 saturated heterocycles. The Labute approximate surface area is 165 Å². The van der Waals surface area contributed by atoms with Crippen LogP contribution in [0.2, 0.25) is 0 Å². The predicted octanol–water partition coefficient (Wildman–Crippen LogP) is 3.37. The van der Waals surface area contributed by atoms with E-state index in [0.29, 0.717) is 5.41 Å². The van der Waals surface area contributed by atoms with Crippen molar-refractivity contribution < 1.29 is 0 Å². The second-order valence-electron chi connectivity index (χ2n) is 8.05. The maximum absolute atomic E-state index is 4.55. The van der Waals surface area contributed by atoms with E-state index in [1.807, 2.05) is 29.2 Å². The van der Waals surface area contributed by atoms with Gasteiger partial charge in [0, 0.05) is 66.5 Å². The summed E-state index contributed by atoms with van der Waals surface area (Å²) in [6.07, 6.45) is 7.97. The summed E-state index contributed by atoms with van der Waals surface area (Å²) in [6, 6.07) is 8.46. The number of likely N-dealkylation sites (tertiary alicyclic amines) is 1. The molecule has 142 valence electrons. The van der Waals surface area contributed by atoms with Crippen LogP contribution in [0.1, 0.15) is 29.3 Å². The molecule has 28 heavy (non-hydrogen) atoms. The third-order valence-corrected chi connectivity index (χ3v) is 6.16. The second kappa shape index (κ2) is 6.31. The van der Waals surface area contributed by atoms with Crippen molar-refractivity contribution in [1.29, 1.82) is 0 Å². The summed E-state index contributed by atoms with van der Waals surface area (Å²) < 4.78 is 1.94. The monoisotopic (exact) mass is 371 g/mol. The van der Waals surface area contributed by atoms with E-state index < -0.39 is 0 Å². The van der Waals surface area contributed by atoms with Crippen molar-refractivity contribution in [2.45, 2.75) is 13.8 Å². The molecule has 5 nitrogen and oxygen atoms in total. The highest BCUT2D eigenvalue weighted by Crippen LogP contribution is 2.39. The molecule has 0 amide bonds. The highest BCUT2D eigenvalue weighted by atomic mass is 15.3. The van der Waals surface area contributed by atoms with Crippen LogP contribution in [-0.2, 0) is 0 Å². The van der Waals surface area contributed by atoms with Gasteiger partial charge in [0.15, 0.2) is 0 Å². The number of hydrogen-bond acceptors (Lipinski definition) is 4. The lowest BCUT2D eigenvalue weighted by Crippen LogP contribution is -2.70. The molecular formula is C23H25N5. The number of pyridine rings is 2. The van der Waals surface area contributed by atoms with E-state index in [1.165, 1.54) is 11.1 Å². The van der Waals surface area contributed by atoms with E-state index >= 15 is 0 Å². The molecule has 1 N–H and O–H groups in total. The number of aromatic nitrogens is 3. The summed E-state index contributed by atoms with van der Waals surface area (Å²) in [6.45, 7) is 13.0. The summed E-state index contributed by atoms with van der Waals surface area (Å²) in [5.41, 5.74) is 8.32. The molecular weight excluding hydrogens is 346 g/mol. The van der Waals surface area contributed by atoms with Crippen molar-refractivity contribution in [1.82, 2.24) is 24.8 Å². The van der Waals surface area contributed by atoms with E-state index in [9.17, 15) is 0 Å². The molecule has 5 rings (SSSR count). The third kappa shape index (κ3) is 2.58. The van der Waals surface area contributed by atoms with E-state index in [4.69, 9.17) is 0 Å². The fraction of sp³-hybridized carbons (Fsp3) is 0.304. The van der Waals surface area contributed by atoms with Crippen LogP contribution in [0.15, 0.2) is 55.5 Å². The molecule has 5 heteroatoms. The quantitative estimate of drug-likeness (QED) is 0.764. The van der Waals surface area contributed by atoms with E-state index in [2.05, 4.69) is 65.0 Å². The molecule has 0 radical (unpaired) electrons. The number of nitrogens with one attached hydrogen (secondary N) is 1. The average molecular weight is 371 g/mol. The summed E-state index contributed by atoms with van der Waals surface area (Å²) in [4.78, 5) is 6.84. The molecule has 2 fully saturated rings. The lowest BCUT2D eigenvalue weighted by molar-refractivity contribution is 0.000321. The van der Waals surface area contributed by atoms with Crippen molar-refractivity contribution in [3.63, 3.8) is 0 Å². The van der Waals surface area contributed by atoms with Crippen LogP contribution in [0.4, 0.5) is 0 Å². The Morgan fingerprint density at radius 2 is 2.07 bits per heavy atom. The molecule has 0 aromatic carbocycles. The molecule has 5 heterocycles. The van der Waals surface area contributed by atoms with Gasteiger partial charge in [-0.1, -0.05) is 18.7 Å². The maximum Gasteiger partial charge on any atom is 0.0760 e. The highest BCUT2D eigenvalue weighted by molar-refractivity contribution is 5.84. The standard InChI is InChI=1S/C23H25N5/c1-4-19(20-6-5-8-25-16(20)2)18-7-9-28-22(10-18)21(11-26-28)17(3)27-14-23(15-27)12-24-13-23/h4-11,24H,3,12-15H2,1-2H3/b19-4-.